The van der Waals surface area contributed by atoms with Crippen LogP contribution in [-0.4, -0.2) is 13.9 Å². The molecule has 0 heterocycles. The first-order chi connectivity index (χ1) is 8.99. The van der Waals surface area contributed by atoms with Gasteiger partial charge in [-0.25, -0.2) is 0 Å². The predicted molar refractivity (Wildman–Crippen MR) is 83.4 cm³/mol. The fourth-order valence-electron chi connectivity index (χ4n) is 3.06. The lowest BCUT2D eigenvalue weighted by Gasteiger charge is -2.04. The zero-order valence-electron chi connectivity index (χ0n) is 12.5. The number of hydrogen-bond donors (Lipinski definition) is 0. The number of allylic oxidation sites excluding steroid dienone is 2. The summed E-state index contributed by atoms with van der Waals surface area (Å²) >= 11 is 0. The highest BCUT2D eigenvalue weighted by Crippen LogP contribution is 2.54. The van der Waals surface area contributed by atoms with Crippen molar-refractivity contribution in [3.63, 3.8) is 0 Å². The Morgan fingerprint density at radius 1 is 1.37 bits per heavy atom. The second-order valence-electron chi connectivity index (χ2n) is 7.00. The van der Waals surface area contributed by atoms with Gasteiger partial charge in [0.25, 0.3) is 0 Å². The minimum absolute atomic E-state index is 0.400. The molecule has 2 heteroatoms. The third kappa shape index (κ3) is 4.35. The molecule has 0 amide bonds. The van der Waals surface area contributed by atoms with Crippen LogP contribution in [0.1, 0.15) is 38.5 Å². The molecule has 0 radical (unpaired) electrons. The molecule has 2 fully saturated rings. The number of carbonyl (C=O) groups is 1. The van der Waals surface area contributed by atoms with Gasteiger partial charge >= 0.3 is 0 Å². The number of unbranched alkanes of at least 4 members (excludes halogenated alkanes) is 2. The smallest absolute Gasteiger partial charge is 0.136 e. The van der Waals surface area contributed by atoms with Crippen LogP contribution in [-0.2, 0) is 4.79 Å². The second-order valence-corrected chi connectivity index (χ2v) is 11.7. The van der Waals surface area contributed by atoms with Gasteiger partial charge in [-0.1, -0.05) is 31.8 Å². The average Bonchev–Trinajstić information content (AvgIpc) is 3.02. The van der Waals surface area contributed by atoms with Gasteiger partial charge in [0.15, 0.2) is 0 Å². The molecule has 2 aliphatic carbocycles. The maximum Gasteiger partial charge on any atom is 0.136 e. The van der Waals surface area contributed by atoms with Gasteiger partial charge in [-0.2, -0.15) is 0 Å². The van der Waals surface area contributed by atoms with Crippen molar-refractivity contribution >= 4 is 13.9 Å². The van der Waals surface area contributed by atoms with E-state index in [1.165, 1.54) is 6.42 Å². The van der Waals surface area contributed by atoms with Crippen molar-refractivity contribution < 1.29 is 4.79 Å². The molecule has 0 aromatic carbocycles. The van der Waals surface area contributed by atoms with E-state index in [1.807, 2.05) is 0 Å². The van der Waals surface area contributed by atoms with Crippen LogP contribution < -0.4 is 0 Å². The molecule has 0 aliphatic heterocycles. The molecule has 104 valence electrons. The Labute approximate surface area is 118 Å². The highest BCUT2D eigenvalue weighted by Gasteiger charge is 2.53. The minimum Gasteiger partial charge on any atom is -0.299 e. The van der Waals surface area contributed by atoms with Crippen LogP contribution in [0.2, 0.25) is 19.6 Å². The zero-order chi connectivity index (χ0) is 13.9. The molecule has 19 heavy (non-hydrogen) atoms. The average molecular weight is 274 g/mol. The van der Waals surface area contributed by atoms with Crippen molar-refractivity contribution in [3.8, 4) is 11.5 Å². The Morgan fingerprint density at radius 2 is 2.16 bits per heavy atom. The van der Waals surface area contributed by atoms with Crippen molar-refractivity contribution in [1.82, 2.24) is 0 Å². The van der Waals surface area contributed by atoms with Crippen LogP contribution >= 0.6 is 0 Å². The molecule has 0 N–H and O–H groups in total. The van der Waals surface area contributed by atoms with Crippen LogP contribution in [0.15, 0.2) is 12.2 Å². The molecular weight excluding hydrogens is 248 g/mol. The first-order valence-electron chi connectivity index (χ1n) is 7.68. The topological polar surface area (TPSA) is 17.1 Å². The van der Waals surface area contributed by atoms with E-state index in [2.05, 4.69) is 43.3 Å². The van der Waals surface area contributed by atoms with Crippen molar-refractivity contribution in [1.29, 1.82) is 0 Å². The SMILES string of the molecule is C[Si](C)(C)C#CCCC/C=C/[C@@H]1[C@H]2CCCC(=O)[C@@H]12. The summed E-state index contributed by atoms with van der Waals surface area (Å²) in [7, 11) is -1.18. The van der Waals surface area contributed by atoms with Gasteiger partial charge in [0, 0.05) is 18.8 Å². The van der Waals surface area contributed by atoms with Crippen LogP contribution in [0.4, 0.5) is 0 Å². The number of rotatable bonds is 4. The maximum atomic E-state index is 11.7. The molecule has 0 spiro atoms. The van der Waals surface area contributed by atoms with Gasteiger partial charge in [-0.3, -0.25) is 4.79 Å². The Hall–Kier alpha value is -0.813. The fraction of sp³-hybridized carbons (Fsp3) is 0.706. The van der Waals surface area contributed by atoms with Crippen LogP contribution in [0.25, 0.3) is 0 Å². The van der Waals surface area contributed by atoms with Gasteiger partial charge in [0.1, 0.15) is 13.9 Å². The van der Waals surface area contributed by atoms with Crippen molar-refractivity contribution in [2.45, 2.75) is 58.2 Å². The zero-order valence-corrected chi connectivity index (χ0v) is 13.5. The number of Topliss-reactive ketones (excluding diaryl/α,β-unsaturated/α-hetero) is 1. The molecule has 0 saturated heterocycles. The van der Waals surface area contributed by atoms with Crippen LogP contribution in [0.3, 0.4) is 0 Å². The number of fused-ring (bicyclic) bond motifs is 1. The van der Waals surface area contributed by atoms with Gasteiger partial charge in [-0.15, -0.1) is 11.5 Å². The van der Waals surface area contributed by atoms with E-state index in [9.17, 15) is 4.79 Å². The van der Waals surface area contributed by atoms with E-state index in [0.717, 1.165) is 32.1 Å². The molecule has 2 aliphatic rings. The molecule has 0 aromatic heterocycles. The monoisotopic (exact) mass is 274 g/mol. The normalized spacial score (nSPS) is 29.8. The highest BCUT2D eigenvalue weighted by molar-refractivity contribution is 6.83. The van der Waals surface area contributed by atoms with Crippen LogP contribution in [0.5, 0.6) is 0 Å². The number of ketones is 1. The van der Waals surface area contributed by atoms with Crippen molar-refractivity contribution in [2.75, 3.05) is 0 Å². The second kappa shape index (κ2) is 6.09. The van der Waals surface area contributed by atoms with E-state index < -0.39 is 8.07 Å². The summed E-state index contributed by atoms with van der Waals surface area (Å²) < 4.78 is 0. The first-order valence-corrected chi connectivity index (χ1v) is 11.2. The van der Waals surface area contributed by atoms with E-state index in [0.29, 0.717) is 23.5 Å². The summed E-state index contributed by atoms with van der Waals surface area (Å²) in [6, 6.07) is 0. The van der Waals surface area contributed by atoms with Gasteiger partial charge < -0.3 is 0 Å². The standard InChI is InChI=1S/C17H26OSi/c1-19(2,3)13-8-6-4-5-7-10-14-15-11-9-12-16(18)17(14)15/h7,10,14-15,17H,4-6,9,11-12H2,1-3H3/b10-7+/t14-,15-,17+/m1/s1. The molecule has 0 unspecified atom stereocenters. The lowest BCUT2D eigenvalue weighted by atomic mass is 10.00. The summed E-state index contributed by atoms with van der Waals surface area (Å²) in [6.45, 7) is 6.85. The predicted octanol–water partition coefficient (Wildman–Crippen LogP) is 4.21. The molecule has 3 atom stereocenters. The fourth-order valence-corrected chi connectivity index (χ4v) is 3.71. The van der Waals surface area contributed by atoms with Crippen molar-refractivity contribution in [2.24, 2.45) is 17.8 Å². The lowest BCUT2D eigenvalue weighted by molar-refractivity contribution is -0.121. The third-order valence-electron chi connectivity index (χ3n) is 4.06. The largest absolute Gasteiger partial charge is 0.299 e. The van der Waals surface area contributed by atoms with Crippen LogP contribution in [0, 0.1) is 29.2 Å². The van der Waals surface area contributed by atoms with Gasteiger partial charge in [0.05, 0.1) is 0 Å². The van der Waals surface area contributed by atoms with E-state index in [-0.39, 0.29) is 0 Å². The summed E-state index contributed by atoms with van der Waals surface area (Å²) in [5.41, 5.74) is 3.40. The summed E-state index contributed by atoms with van der Waals surface area (Å²) in [4.78, 5) is 11.7. The first kappa shape index (κ1) is 14.6. The maximum absolute atomic E-state index is 11.7. The quantitative estimate of drug-likeness (QED) is 0.325. The highest BCUT2D eigenvalue weighted by atomic mass is 28.3. The van der Waals surface area contributed by atoms with E-state index in [4.69, 9.17) is 0 Å². The Morgan fingerprint density at radius 3 is 2.84 bits per heavy atom. The van der Waals surface area contributed by atoms with Gasteiger partial charge in [0.2, 0.25) is 0 Å². The third-order valence-corrected chi connectivity index (χ3v) is 4.98. The molecular formula is C17H26OSi. The molecule has 2 saturated carbocycles. The lowest BCUT2D eigenvalue weighted by Crippen LogP contribution is -2.16. The molecule has 2 rings (SSSR count). The Kier molecular flexibility index (Phi) is 4.68. The summed E-state index contributed by atoms with van der Waals surface area (Å²) in [6.07, 6.45) is 11.1. The number of hydrogen-bond acceptors (Lipinski definition) is 1. The summed E-state index contributed by atoms with van der Waals surface area (Å²) in [5.74, 6) is 5.51. The van der Waals surface area contributed by atoms with E-state index in [1.54, 1.807) is 0 Å². The Balaban J connectivity index is 1.63. The number of carbonyl (C=O) groups excluding carboxylic acids is 1. The van der Waals surface area contributed by atoms with E-state index >= 15 is 0 Å². The van der Waals surface area contributed by atoms with Gasteiger partial charge in [-0.05, 0) is 37.5 Å². The minimum atomic E-state index is -1.18. The molecule has 0 bridgehead atoms. The molecule has 0 aromatic rings. The summed E-state index contributed by atoms with van der Waals surface area (Å²) in [5, 5.41) is 0. The molecule has 1 nitrogen and oxygen atoms in total. The van der Waals surface area contributed by atoms with Crippen molar-refractivity contribution in [3.05, 3.63) is 12.2 Å². The Bertz CT molecular complexity index is 419.